The second kappa shape index (κ2) is 7.72. The second-order valence-corrected chi connectivity index (χ2v) is 8.75. The molecular formula is C16H20O5S2. The SMILES string of the molecule is COS(=O)(=O)c1ccc(C)cc1.Cc1ccc(S(C)(=O)=O)cc1. The van der Waals surface area contributed by atoms with Gasteiger partial charge in [0.2, 0.25) is 0 Å². The molecule has 0 aliphatic heterocycles. The van der Waals surface area contributed by atoms with Gasteiger partial charge in [-0.15, -0.1) is 0 Å². The number of hydrogen-bond acceptors (Lipinski definition) is 5. The summed E-state index contributed by atoms with van der Waals surface area (Å²) in [5.74, 6) is 0. The van der Waals surface area contributed by atoms with Gasteiger partial charge in [0.05, 0.1) is 16.9 Å². The molecular weight excluding hydrogens is 336 g/mol. The predicted octanol–water partition coefficient (Wildman–Crippen LogP) is 2.73. The van der Waals surface area contributed by atoms with E-state index >= 15 is 0 Å². The van der Waals surface area contributed by atoms with Crippen molar-refractivity contribution >= 4 is 20.0 Å². The molecule has 0 fully saturated rings. The van der Waals surface area contributed by atoms with Gasteiger partial charge in [-0.25, -0.2) is 8.42 Å². The predicted molar refractivity (Wildman–Crippen MR) is 89.7 cm³/mol. The van der Waals surface area contributed by atoms with Crippen molar-refractivity contribution < 1.29 is 21.0 Å². The summed E-state index contributed by atoms with van der Waals surface area (Å²) in [5, 5.41) is 0. The molecule has 0 aromatic heterocycles. The first kappa shape index (κ1) is 19.3. The van der Waals surface area contributed by atoms with Gasteiger partial charge in [-0.2, -0.15) is 8.42 Å². The van der Waals surface area contributed by atoms with E-state index < -0.39 is 20.0 Å². The van der Waals surface area contributed by atoms with E-state index in [-0.39, 0.29) is 4.90 Å². The van der Waals surface area contributed by atoms with Gasteiger partial charge < -0.3 is 0 Å². The molecule has 0 spiro atoms. The average Bonchev–Trinajstić information content (AvgIpc) is 2.48. The molecule has 0 bridgehead atoms. The van der Waals surface area contributed by atoms with Gasteiger partial charge in [-0.05, 0) is 38.1 Å². The Morgan fingerprint density at radius 1 is 0.696 bits per heavy atom. The highest BCUT2D eigenvalue weighted by atomic mass is 32.2. The summed E-state index contributed by atoms with van der Waals surface area (Å²) in [6, 6.07) is 13.3. The van der Waals surface area contributed by atoms with Crippen molar-refractivity contribution in [1.82, 2.24) is 0 Å². The van der Waals surface area contributed by atoms with E-state index in [9.17, 15) is 16.8 Å². The first-order valence-corrected chi connectivity index (χ1v) is 10.0. The summed E-state index contributed by atoms with van der Waals surface area (Å²) < 4.78 is 48.4. The molecule has 5 nitrogen and oxygen atoms in total. The Hall–Kier alpha value is -1.70. The van der Waals surface area contributed by atoms with Crippen molar-refractivity contribution in [3.8, 4) is 0 Å². The largest absolute Gasteiger partial charge is 0.296 e. The van der Waals surface area contributed by atoms with Crippen molar-refractivity contribution in [3.05, 3.63) is 59.7 Å². The van der Waals surface area contributed by atoms with Crippen molar-refractivity contribution in [2.24, 2.45) is 0 Å². The van der Waals surface area contributed by atoms with E-state index in [0.29, 0.717) is 4.90 Å². The normalized spacial score (nSPS) is 11.5. The van der Waals surface area contributed by atoms with E-state index in [1.165, 1.54) is 18.4 Å². The van der Waals surface area contributed by atoms with Crippen LogP contribution >= 0.6 is 0 Å². The van der Waals surface area contributed by atoms with E-state index in [2.05, 4.69) is 4.18 Å². The summed E-state index contributed by atoms with van der Waals surface area (Å²) in [4.78, 5) is 0.568. The zero-order valence-corrected chi connectivity index (χ0v) is 15.1. The van der Waals surface area contributed by atoms with Crippen molar-refractivity contribution in [2.75, 3.05) is 13.4 Å². The smallest absolute Gasteiger partial charge is 0.270 e. The minimum atomic E-state index is -3.51. The maximum atomic E-state index is 11.1. The molecule has 0 aliphatic rings. The molecule has 126 valence electrons. The summed E-state index contributed by atoms with van der Waals surface area (Å²) in [5.41, 5.74) is 2.09. The molecule has 0 unspecified atom stereocenters. The quantitative estimate of drug-likeness (QED) is 0.790. The summed E-state index contributed by atoms with van der Waals surface area (Å²) in [6.45, 7) is 3.81. The first-order chi connectivity index (χ1) is 10.6. The third-order valence-corrected chi connectivity index (χ3v) is 5.40. The summed E-state index contributed by atoms with van der Waals surface area (Å²) in [6.07, 6.45) is 1.21. The Labute approximate surface area is 138 Å². The van der Waals surface area contributed by atoms with Crippen LogP contribution in [0.25, 0.3) is 0 Å². The van der Waals surface area contributed by atoms with Gasteiger partial charge in [0.15, 0.2) is 9.84 Å². The molecule has 2 aromatic rings. The fourth-order valence-electron chi connectivity index (χ4n) is 1.59. The Bertz CT molecular complexity index is 834. The number of sulfone groups is 1. The van der Waals surface area contributed by atoms with Gasteiger partial charge in [-0.3, -0.25) is 4.18 Å². The Kier molecular flexibility index (Phi) is 6.49. The van der Waals surface area contributed by atoms with Gasteiger partial charge >= 0.3 is 0 Å². The molecule has 0 atom stereocenters. The first-order valence-electron chi connectivity index (χ1n) is 6.70. The van der Waals surface area contributed by atoms with E-state index in [1.807, 2.05) is 13.8 Å². The van der Waals surface area contributed by atoms with Crippen LogP contribution in [0.15, 0.2) is 58.3 Å². The topological polar surface area (TPSA) is 77.5 Å². The molecule has 0 radical (unpaired) electrons. The van der Waals surface area contributed by atoms with Crippen molar-refractivity contribution in [2.45, 2.75) is 23.6 Å². The van der Waals surface area contributed by atoms with Crippen molar-refractivity contribution in [1.29, 1.82) is 0 Å². The average molecular weight is 356 g/mol. The van der Waals surface area contributed by atoms with Crippen LogP contribution in [0.2, 0.25) is 0 Å². The lowest BCUT2D eigenvalue weighted by Crippen LogP contribution is -2.02. The lowest BCUT2D eigenvalue weighted by Gasteiger charge is -2.00. The minimum absolute atomic E-state index is 0.190. The highest BCUT2D eigenvalue weighted by molar-refractivity contribution is 7.90. The molecule has 23 heavy (non-hydrogen) atoms. The zero-order valence-electron chi connectivity index (χ0n) is 13.5. The fraction of sp³-hybridized carbons (Fsp3) is 0.250. The molecule has 0 heterocycles. The summed E-state index contributed by atoms with van der Waals surface area (Å²) in [7, 11) is -5.39. The second-order valence-electron chi connectivity index (χ2n) is 5.02. The molecule has 2 aromatic carbocycles. The lowest BCUT2D eigenvalue weighted by atomic mass is 10.2. The van der Waals surface area contributed by atoms with Gasteiger partial charge in [0, 0.05) is 6.26 Å². The number of hydrogen-bond donors (Lipinski definition) is 0. The van der Waals surface area contributed by atoms with Crippen LogP contribution in [0, 0.1) is 13.8 Å². The van der Waals surface area contributed by atoms with E-state index in [4.69, 9.17) is 0 Å². The molecule has 0 N–H and O–H groups in total. The maximum absolute atomic E-state index is 11.1. The molecule has 2 rings (SSSR count). The Morgan fingerprint density at radius 2 is 1.04 bits per heavy atom. The van der Waals surface area contributed by atoms with Crippen LogP contribution in [0.5, 0.6) is 0 Å². The highest BCUT2D eigenvalue weighted by Crippen LogP contribution is 2.11. The third-order valence-electron chi connectivity index (χ3n) is 2.98. The standard InChI is InChI=1S/C8H10O3S.C8H10O2S/c1-7-3-5-8(6-4-7)12(9,10)11-2;1-7-3-5-8(6-4-7)11(2,9)10/h3-6H,1-2H3;3-6H,1-2H3. The minimum Gasteiger partial charge on any atom is -0.270 e. The number of aryl methyl sites for hydroxylation is 2. The summed E-state index contributed by atoms with van der Waals surface area (Å²) >= 11 is 0. The van der Waals surface area contributed by atoms with Crippen LogP contribution in [0.3, 0.4) is 0 Å². The zero-order chi connectivity index (χ0) is 17.7. The van der Waals surface area contributed by atoms with Crippen LogP contribution in [-0.4, -0.2) is 30.2 Å². The van der Waals surface area contributed by atoms with Gasteiger partial charge in [0.1, 0.15) is 0 Å². The van der Waals surface area contributed by atoms with Crippen LogP contribution in [0.1, 0.15) is 11.1 Å². The van der Waals surface area contributed by atoms with Gasteiger partial charge in [0.25, 0.3) is 10.1 Å². The molecule has 7 heteroatoms. The number of rotatable bonds is 3. The highest BCUT2D eigenvalue weighted by Gasteiger charge is 2.11. The van der Waals surface area contributed by atoms with Crippen LogP contribution < -0.4 is 0 Å². The molecule has 0 saturated carbocycles. The molecule has 0 aliphatic carbocycles. The number of benzene rings is 2. The van der Waals surface area contributed by atoms with E-state index in [0.717, 1.165) is 18.2 Å². The van der Waals surface area contributed by atoms with Crippen LogP contribution in [0.4, 0.5) is 0 Å². The van der Waals surface area contributed by atoms with Gasteiger partial charge in [-0.1, -0.05) is 35.4 Å². The fourth-order valence-corrected chi connectivity index (χ4v) is 2.88. The Balaban J connectivity index is 0.000000231. The monoisotopic (exact) mass is 356 g/mol. The maximum Gasteiger partial charge on any atom is 0.296 e. The third kappa shape index (κ3) is 6.13. The lowest BCUT2D eigenvalue weighted by molar-refractivity contribution is 0.398. The van der Waals surface area contributed by atoms with E-state index in [1.54, 1.807) is 36.4 Å². The Morgan fingerprint density at radius 3 is 1.35 bits per heavy atom. The van der Waals surface area contributed by atoms with Crippen LogP contribution in [-0.2, 0) is 24.1 Å². The molecule has 0 amide bonds. The molecule has 0 saturated heterocycles. The van der Waals surface area contributed by atoms with Crippen molar-refractivity contribution in [3.63, 3.8) is 0 Å².